The van der Waals surface area contributed by atoms with E-state index in [4.69, 9.17) is 4.74 Å². The summed E-state index contributed by atoms with van der Waals surface area (Å²) < 4.78 is 6.79. The molecule has 2 fully saturated rings. The number of piperidine rings is 2. The van der Waals surface area contributed by atoms with Gasteiger partial charge in [0.15, 0.2) is 0 Å². The maximum absolute atomic E-state index is 6.79. The van der Waals surface area contributed by atoms with Crippen molar-refractivity contribution in [1.82, 2.24) is 9.80 Å². The number of nitrogens with zero attached hydrogens (tertiary/aromatic N) is 2. The van der Waals surface area contributed by atoms with E-state index in [1.807, 2.05) is 0 Å². The van der Waals surface area contributed by atoms with Crippen molar-refractivity contribution in [2.45, 2.75) is 63.6 Å². The van der Waals surface area contributed by atoms with Crippen LogP contribution in [0, 0.1) is 0 Å². The van der Waals surface area contributed by atoms with Crippen LogP contribution in [0.4, 0.5) is 0 Å². The molecule has 4 aliphatic heterocycles. The van der Waals surface area contributed by atoms with Crippen LogP contribution in [0.1, 0.15) is 51.4 Å². The Morgan fingerprint density at radius 3 is 1.72 bits per heavy atom. The van der Waals surface area contributed by atoms with E-state index in [1.54, 1.807) is 33.7 Å². The number of ether oxygens (including phenoxy) is 1. The van der Waals surface area contributed by atoms with Gasteiger partial charge in [-0.1, -0.05) is 36.5 Å². The van der Waals surface area contributed by atoms with Crippen molar-refractivity contribution in [3.05, 3.63) is 70.1 Å². The average Bonchev–Trinajstić information content (AvgIpc) is 2.79. The van der Waals surface area contributed by atoms with Gasteiger partial charge in [-0.25, -0.2) is 0 Å². The number of allylic oxidation sites excluding steroid dienone is 8. The largest absolute Gasteiger partial charge is 0.374 e. The molecule has 0 bridgehead atoms. The first-order valence-corrected chi connectivity index (χ1v) is 11.7. The minimum Gasteiger partial charge on any atom is -0.374 e. The second-order valence-corrected chi connectivity index (χ2v) is 9.34. The fourth-order valence-electron chi connectivity index (χ4n) is 6.18. The number of fused-ring (bicyclic) bond motifs is 4. The lowest BCUT2D eigenvalue weighted by atomic mass is 9.85. The highest BCUT2D eigenvalue weighted by molar-refractivity contribution is 5.45. The summed E-state index contributed by atoms with van der Waals surface area (Å²) in [6.07, 6.45) is 23.8. The third-order valence-electron chi connectivity index (χ3n) is 7.72. The minimum atomic E-state index is 0.394. The zero-order valence-electron chi connectivity index (χ0n) is 17.4. The topological polar surface area (TPSA) is 15.7 Å². The van der Waals surface area contributed by atoms with Crippen LogP contribution < -0.4 is 0 Å². The molecule has 0 aromatic carbocycles. The molecule has 0 aromatic rings. The molecular formula is C26H32N2O. The first kappa shape index (κ1) is 17.8. The van der Waals surface area contributed by atoms with Crippen LogP contribution in [-0.4, -0.2) is 48.2 Å². The Labute approximate surface area is 174 Å². The van der Waals surface area contributed by atoms with Gasteiger partial charge in [0.1, 0.15) is 0 Å². The number of rotatable bonds is 2. The Balaban J connectivity index is 1.18. The molecule has 0 N–H and O–H groups in total. The van der Waals surface area contributed by atoms with Crippen molar-refractivity contribution in [1.29, 1.82) is 0 Å². The molecule has 4 heterocycles. The van der Waals surface area contributed by atoms with Gasteiger partial charge in [0.05, 0.1) is 12.2 Å². The van der Waals surface area contributed by atoms with Gasteiger partial charge in [-0.15, -0.1) is 0 Å². The van der Waals surface area contributed by atoms with Gasteiger partial charge >= 0.3 is 0 Å². The van der Waals surface area contributed by atoms with Gasteiger partial charge in [-0.3, -0.25) is 0 Å². The van der Waals surface area contributed by atoms with Gasteiger partial charge in [0.2, 0.25) is 0 Å². The molecule has 0 amide bonds. The van der Waals surface area contributed by atoms with E-state index < -0.39 is 0 Å². The Morgan fingerprint density at radius 1 is 0.690 bits per heavy atom. The van der Waals surface area contributed by atoms with Crippen LogP contribution in [0.25, 0.3) is 0 Å². The van der Waals surface area contributed by atoms with E-state index in [2.05, 4.69) is 46.3 Å². The molecule has 6 rings (SSSR count). The van der Waals surface area contributed by atoms with E-state index in [0.717, 1.165) is 25.7 Å². The van der Waals surface area contributed by atoms with Crippen LogP contribution in [0.2, 0.25) is 0 Å². The smallest absolute Gasteiger partial charge is 0.0650 e. The second kappa shape index (κ2) is 7.36. The highest BCUT2D eigenvalue weighted by Crippen LogP contribution is 2.40. The average molecular weight is 389 g/mol. The minimum absolute atomic E-state index is 0.394. The Bertz CT molecular complexity index is 812. The lowest BCUT2D eigenvalue weighted by Gasteiger charge is -2.45. The Hall–Kier alpha value is -2.00. The summed E-state index contributed by atoms with van der Waals surface area (Å²) in [5, 5.41) is 0. The van der Waals surface area contributed by atoms with Crippen molar-refractivity contribution >= 4 is 0 Å². The predicted octanol–water partition coefficient (Wildman–Crippen LogP) is 5.02. The van der Waals surface area contributed by atoms with E-state index >= 15 is 0 Å². The Kier molecular flexibility index (Phi) is 4.52. The number of hydrogen-bond donors (Lipinski definition) is 0. The fraction of sp³-hybridized carbons (Fsp3) is 0.538. The number of hydrogen-bond acceptors (Lipinski definition) is 3. The van der Waals surface area contributed by atoms with Crippen molar-refractivity contribution in [2.24, 2.45) is 0 Å². The standard InChI is InChI=1S/C26H32N2O/c1-3-7-23-19(5-1)9-13-27-15-11-21(17-25(23)27)29-22-12-16-28-14-10-20-6-2-4-8-24(20)26(28)18-22/h1-6,21-22H,7-18H2. The maximum Gasteiger partial charge on any atom is 0.0650 e. The molecule has 2 saturated heterocycles. The van der Waals surface area contributed by atoms with Crippen molar-refractivity contribution < 1.29 is 4.74 Å². The molecule has 3 nitrogen and oxygen atoms in total. The first-order chi connectivity index (χ1) is 14.3. The summed E-state index contributed by atoms with van der Waals surface area (Å²) in [5.74, 6) is 0. The second-order valence-electron chi connectivity index (χ2n) is 9.34. The van der Waals surface area contributed by atoms with Crippen LogP contribution in [0.15, 0.2) is 70.1 Å². The summed E-state index contributed by atoms with van der Waals surface area (Å²) in [6, 6.07) is 0. The van der Waals surface area contributed by atoms with E-state index in [0.29, 0.717) is 12.2 Å². The first-order valence-electron chi connectivity index (χ1n) is 11.7. The van der Waals surface area contributed by atoms with Crippen LogP contribution >= 0.6 is 0 Å². The van der Waals surface area contributed by atoms with Gasteiger partial charge in [-0.2, -0.15) is 0 Å². The zero-order valence-corrected chi connectivity index (χ0v) is 17.4. The highest BCUT2D eigenvalue weighted by Gasteiger charge is 2.34. The molecule has 152 valence electrons. The molecule has 29 heavy (non-hydrogen) atoms. The normalized spacial score (nSPS) is 31.0. The molecule has 0 spiro atoms. The van der Waals surface area contributed by atoms with Gasteiger partial charge in [-0.05, 0) is 60.8 Å². The van der Waals surface area contributed by atoms with Gasteiger partial charge in [0.25, 0.3) is 0 Å². The van der Waals surface area contributed by atoms with Crippen molar-refractivity contribution in [3.63, 3.8) is 0 Å². The molecular weight excluding hydrogens is 356 g/mol. The van der Waals surface area contributed by atoms with Crippen molar-refractivity contribution in [2.75, 3.05) is 26.2 Å². The molecule has 6 aliphatic rings. The van der Waals surface area contributed by atoms with Crippen LogP contribution in [0.3, 0.4) is 0 Å². The summed E-state index contributed by atoms with van der Waals surface area (Å²) in [5.41, 5.74) is 9.52. The summed E-state index contributed by atoms with van der Waals surface area (Å²) >= 11 is 0. The quantitative estimate of drug-likeness (QED) is 0.661. The fourth-order valence-corrected chi connectivity index (χ4v) is 6.18. The van der Waals surface area contributed by atoms with Crippen molar-refractivity contribution in [3.8, 4) is 0 Å². The summed E-state index contributed by atoms with van der Waals surface area (Å²) in [7, 11) is 0. The molecule has 3 heteroatoms. The lowest BCUT2D eigenvalue weighted by Crippen LogP contribution is -2.43. The molecule has 0 saturated carbocycles. The molecule has 0 aromatic heterocycles. The highest BCUT2D eigenvalue weighted by atomic mass is 16.5. The van der Waals surface area contributed by atoms with Gasteiger partial charge in [0, 0.05) is 50.4 Å². The third kappa shape index (κ3) is 3.24. The zero-order chi connectivity index (χ0) is 19.2. The van der Waals surface area contributed by atoms with E-state index in [1.165, 1.54) is 51.9 Å². The third-order valence-corrected chi connectivity index (χ3v) is 7.72. The van der Waals surface area contributed by atoms with E-state index in [9.17, 15) is 0 Å². The van der Waals surface area contributed by atoms with Crippen LogP contribution in [-0.2, 0) is 4.74 Å². The molecule has 2 atom stereocenters. The van der Waals surface area contributed by atoms with E-state index in [-0.39, 0.29) is 0 Å². The maximum atomic E-state index is 6.79. The monoisotopic (exact) mass is 388 g/mol. The van der Waals surface area contributed by atoms with Crippen LogP contribution in [0.5, 0.6) is 0 Å². The lowest BCUT2D eigenvalue weighted by molar-refractivity contribution is -0.0496. The Morgan fingerprint density at radius 2 is 1.21 bits per heavy atom. The molecule has 2 aliphatic carbocycles. The molecule has 0 radical (unpaired) electrons. The summed E-state index contributed by atoms with van der Waals surface area (Å²) in [6.45, 7) is 4.74. The predicted molar refractivity (Wildman–Crippen MR) is 117 cm³/mol. The molecule has 2 unspecified atom stereocenters. The summed E-state index contributed by atoms with van der Waals surface area (Å²) in [4.78, 5) is 5.29. The van der Waals surface area contributed by atoms with Gasteiger partial charge < -0.3 is 14.5 Å². The SMILES string of the molecule is C1=CCC2=C3CC(OC4CCN5CCC6=CC=CCC6=C5C4)CCN3CCC2=C1.